The molecule has 0 heterocycles. The van der Waals surface area contributed by atoms with Crippen molar-refractivity contribution in [2.24, 2.45) is 0 Å². The van der Waals surface area contributed by atoms with Crippen molar-refractivity contribution >= 4 is 0 Å². The summed E-state index contributed by atoms with van der Waals surface area (Å²) in [7, 11) is 0. The second-order valence-corrected chi connectivity index (χ2v) is 4.59. The van der Waals surface area contributed by atoms with Crippen molar-refractivity contribution in [3.05, 3.63) is 0 Å². The third-order valence-corrected chi connectivity index (χ3v) is 3.11. The highest BCUT2D eigenvalue weighted by atomic mass is 16.5. The normalized spacial score (nSPS) is 13.2. The minimum atomic E-state index is 0.638. The van der Waals surface area contributed by atoms with Crippen molar-refractivity contribution < 1.29 is 4.74 Å². The third kappa shape index (κ3) is 9.57. The van der Waals surface area contributed by atoms with Gasteiger partial charge in [0, 0.05) is 25.8 Å². The summed E-state index contributed by atoms with van der Waals surface area (Å²) in [6.07, 6.45) is 3.70. The molecule has 0 aromatic rings. The average Bonchev–Trinajstić information content (AvgIpc) is 2.34. The lowest BCUT2D eigenvalue weighted by atomic mass is 10.2. The second-order valence-electron chi connectivity index (χ2n) is 4.59. The standard InChI is InChI=1S/C14H32N2O/c1-5-8-11-16(6-2)14(4)13-15-10-9-12-17-7-3/h14-15H,5-13H2,1-4H3. The maximum atomic E-state index is 5.31. The lowest BCUT2D eigenvalue weighted by Gasteiger charge is -2.28. The van der Waals surface area contributed by atoms with Crippen LogP contribution in [0, 0.1) is 0 Å². The Kier molecular flexibility index (Phi) is 12.3. The summed E-state index contributed by atoms with van der Waals surface area (Å²) in [4.78, 5) is 2.55. The van der Waals surface area contributed by atoms with E-state index in [-0.39, 0.29) is 0 Å². The van der Waals surface area contributed by atoms with Crippen LogP contribution in [0.5, 0.6) is 0 Å². The Labute approximate surface area is 108 Å². The van der Waals surface area contributed by atoms with Crippen LogP contribution in [0.25, 0.3) is 0 Å². The highest BCUT2D eigenvalue weighted by Crippen LogP contribution is 2.00. The van der Waals surface area contributed by atoms with Crippen molar-refractivity contribution in [3.63, 3.8) is 0 Å². The largest absolute Gasteiger partial charge is 0.382 e. The van der Waals surface area contributed by atoms with Gasteiger partial charge in [0.05, 0.1) is 0 Å². The summed E-state index contributed by atoms with van der Waals surface area (Å²) in [5.74, 6) is 0. The van der Waals surface area contributed by atoms with Gasteiger partial charge in [-0.1, -0.05) is 20.3 Å². The van der Waals surface area contributed by atoms with Gasteiger partial charge in [-0.3, -0.25) is 4.90 Å². The molecule has 0 saturated heterocycles. The Hall–Kier alpha value is -0.120. The number of ether oxygens (including phenoxy) is 1. The van der Waals surface area contributed by atoms with Crippen LogP contribution in [0.2, 0.25) is 0 Å². The first-order chi connectivity index (χ1) is 8.26. The molecular weight excluding hydrogens is 212 g/mol. The van der Waals surface area contributed by atoms with E-state index >= 15 is 0 Å². The van der Waals surface area contributed by atoms with E-state index in [2.05, 4.69) is 31.0 Å². The second kappa shape index (κ2) is 12.3. The summed E-state index contributed by atoms with van der Waals surface area (Å²) in [6.45, 7) is 15.1. The molecule has 0 radical (unpaired) electrons. The number of unbranched alkanes of at least 4 members (excludes halogenated alkanes) is 1. The Morgan fingerprint density at radius 2 is 1.94 bits per heavy atom. The molecule has 104 valence electrons. The molecule has 0 aliphatic heterocycles. The van der Waals surface area contributed by atoms with Gasteiger partial charge in [0.1, 0.15) is 0 Å². The van der Waals surface area contributed by atoms with E-state index in [0.717, 1.165) is 39.3 Å². The Morgan fingerprint density at radius 1 is 1.18 bits per heavy atom. The Balaban J connectivity index is 3.50. The minimum Gasteiger partial charge on any atom is -0.382 e. The van der Waals surface area contributed by atoms with Gasteiger partial charge in [-0.25, -0.2) is 0 Å². The molecule has 0 aliphatic rings. The highest BCUT2D eigenvalue weighted by Gasteiger charge is 2.10. The summed E-state index contributed by atoms with van der Waals surface area (Å²) < 4.78 is 5.31. The molecular formula is C14H32N2O. The van der Waals surface area contributed by atoms with Gasteiger partial charge in [0.15, 0.2) is 0 Å². The van der Waals surface area contributed by atoms with Crippen molar-refractivity contribution in [2.45, 2.75) is 53.0 Å². The van der Waals surface area contributed by atoms with Crippen LogP contribution in [0.4, 0.5) is 0 Å². The highest BCUT2D eigenvalue weighted by molar-refractivity contribution is 4.68. The monoisotopic (exact) mass is 244 g/mol. The van der Waals surface area contributed by atoms with Crippen molar-refractivity contribution in [3.8, 4) is 0 Å². The van der Waals surface area contributed by atoms with E-state index in [1.54, 1.807) is 0 Å². The first-order valence-electron chi connectivity index (χ1n) is 7.28. The van der Waals surface area contributed by atoms with Gasteiger partial charge >= 0.3 is 0 Å². The fraction of sp³-hybridized carbons (Fsp3) is 1.00. The zero-order chi connectivity index (χ0) is 12.9. The van der Waals surface area contributed by atoms with Crippen LogP contribution < -0.4 is 5.32 Å². The SMILES string of the molecule is CCCCN(CC)C(C)CNCCCOCC. The van der Waals surface area contributed by atoms with Gasteiger partial charge in [-0.05, 0) is 46.3 Å². The molecule has 0 aliphatic carbocycles. The van der Waals surface area contributed by atoms with Crippen LogP contribution in [-0.2, 0) is 4.74 Å². The predicted octanol–water partition coefficient (Wildman–Crippen LogP) is 2.51. The Morgan fingerprint density at radius 3 is 2.53 bits per heavy atom. The van der Waals surface area contributed by atoms with Gasteiger partial charge in [-0.2, -0.15) is 0 Å². The summed E-state index contributed by atoms with van der Waals surface area (Å²) in [6, 6.07) is 0.638. The van der Waals surface area contributed by atoms with Crippen LogP contribution in [0.1, 0.15) is 47.0 Å². The minimum absolute atomic E-state index is 0.638. The quantitative estimate of drug-likeness (QED) is 0.534. The van der Waals surface area contributed by atoms with E-state index in [9.17, 15) is 0 Å². The summed E-state index contributed by atoms with van der Waals surface area (Å²) in [5, 5.41) is 3.51. The molecule has 0 fully saturated rings. The number of nitrogens with one attached hydrogen (secondary N) is 1. The summed E-state index contributed by atoms with van der Waals surface area (Å²) >= 11 is 0. The van der Waals surface area contributed by atoms with E-state index in [0.29, 0.717) is 6.04 Å². The maximum Gasteiger partial charge on any atom is 0.0477 e. The molecule has 0 aromatic carbocycles. The fourth-order valence-electron chi connectivity index (χ4n) is 1.93. The lowest BCUT2D eigenvalue weighted by Crippen LogP contribution is -2.41. The molecule has 0 spiro atoms. The molecule has 17 heavy (non-hydrogen) atoms. The van der Waals surface area contributed by atoms with Crippen molar-refractivity contribution in [2.75, 3.05) is 39.4 Å². The molecule has 1 unspecified atom stereocenters. The Bertz CT molecular complexity index is 153. The smallest absolute Gasteiger partial charge is 0.0477 e. The first kappa shape index (κ1) is 16.9. The third-order valence-electron chi connectivity index (χ3n) is 3.11. The number of rotatable bonds is 12. The fourth-order valence-corrected chi connectivity index (χ4v) is 1.93. The predicted molar refractivity (Wildman–Crippen MR) is 75.6 cm³/mol. The van der Waals surface area contributed by atoms with E-state index < -0.39 is 0 Å². The molecule has 3 heteroatoms. The van der Waals surface area contributed by atoms with E-state index in [1.807, 2.05) is 6.92 Å². The van der Waals surface area contributed by atoms with E-state index in [1.165, 1.54) is 19.4 Å². The zero-order valence-electron chi connectivity index (χ0n) is 12.3. The average molecular weight is 244 g/mol. The molecule has 0 saturated carbocycles. The lowest BCUT2D eigenvalue weighted by molar-refractivity contribution is 0.143. The van der Waals surface area contributed by atoms with Crippen LogP contribution >= 0.6 is 0 Å². The molecule has 0 bridgehead atoms. The molecule has 0 aromatic heterocycles. The number of hydrogen-bond acceptors (Lipinski definition) is 3. The molecule has 1 atom stereocenters. The van der Waals surface area contributed by atoms with Crippen LogP contribution in [0.3, 0.4) is 0 Å². The molecule has 0 rings (SSSR count). The van der Waals surface area contributed by atoms with Gasteiger partial charge < -0.3 is 10.1 Å². The first-order valence-corrected chi connectivity index (χ1v) is 7.28. The van der Waals surface area contributed by atoms with E-state index in [4.69, 9.17) is 4.74 Å². The van der Waals surface area contributed by atoms with Gasteiger partial charge in [0.2, 0.25) is 0 Å². The van der Waals surface area contributed by atoms with Crippen molar-refractivity contribution in [1.29, 1.82) is 0 Å². The molecule has 1 N–H and O–H groups in total. The van der Waals surface area contributed by atoms with Gasteiger partial charge in [0.25, 0.3) is 0 Å². The molecule has 0 amide bonds. The van der Waals surface area contributed by atoms with Crippen molar-refractivity contribution in [1.82, 2.24) is 10.2 Å². The summed E-state index contributed by atoms with van der Waals surface area (Å²) in [5.41, 5.74) is 0. The number of nitrogens with zero attached hydrogens (tertiary/aromatic N) is 1. The van der Waals surface area contributed by atoms with Gasteiger partial charge in [-0.15, -0.1) is 0 Å². The maximum absolute atomic E-state index is 5.31. The molecule has 3 nitrogen and oxygen atoms in total. The van der Waals surface area contributed by atoms with Crippen LogP contribution in [0.15, 0.2) is 0 Å². The van der Waals surface area contributed by atoms with Crippen LogP contribution in [-0.4, -0.2) is 50.3 Å². The number of likely N-dealkylation sites (N-methyl/N-ethyl adjacent to an activating group) is 1. The topological polar surface area (TPSA) is 24.5 Å². The zero-order valence-corrected chi connectivity index (χ0v) is 12.3. The number of hydrogen-bond donors (Lipinski definition) is 1.